The Morgan fingerprint density at radius 2 is 1.35 bits per heavy atom. The van der Waals surface area contributed by atoms with Gasteiger partial charge in [0.25, 0.3) is 0 Å². The van der Waals surface area contributed by atoms with E-state index in [1.54, 1.807) is 0 Å². The molecule has 1 heterocycles. The first kappa shape index (κ1) is 11.7. The number of hydrogen-bond donors (Lipinski definition) is 0. The maximum Gasteiger partial charge on any atom is 0.119 e. The van der Waals surface area contributed by atoms with Crippen LogP contribution in [0.25, 0.3) is 0 Å². The molecular formula is C15H16O2. The highest BCUT2D eigenvalue weighted by Crippen LogP contribution is 2.13. The number of rotatable bonds is 3. The van der Waals surface area contributed by atoms with Gasteiger partial charge in [-0.2, -0.15) is 0 Å². The molecule has 3 rings (SSSR count). The largest absolute Gasteiger partial charge is 0.491 e. The first-order valence-corrected chi connectivity index (χ1v) is 5.74. The molecule has 1 aliphatic rings. The van der Waals surface area contributed by atoms with Crippen LogP contribution in [0, 0.1) is 0 Å². The van der Waals surface area contributed by atoms with Gasteiger partial charge in [0, 0.05) is 0 Å². The van der Waals surface area contributed by atoms with Crippen LogP contribution in [0.15, 0.2) is 66.7 Å². The Labute approximate surface area is 102 Å². The van der Waals surface area contributed by atoms with E-state index in [0.717, 1.165) is 12.4 Å². The quantitative estimate of drug-likeness (QED) is 0.753. The lowest BCUT2D eigenvalue weighted by molar-refractivity contribution is 0.263. The molecule has 17 heavy (non-hydrogen) atoms. The number of epoxide rings is 1. The molecule has 0 bridgehead atoms. The van der Waals surface area contributed by atoms with Crippen LogP contribution in [0.5, 0.6) is 5.75 Å². The second-order valence-electron chi connectivity index (χ2n) is 3.73. The van der Waals surface area contributed by atoms with Crippen molar-refractivity contribution < 1.29 is 9.47 Å². The van der Waals surface area contributed by atoms with Gasteiger partial charge < -0.3 is 9.47 Å². The Balaban J connectivity index is 0.000000153. The topological polar surface area (TPSA) is 21.8 Å². The number of benzene rings is 2. The Morgan fingerprint density at radius 1 is 0.882 bits per heavy atom. The Hall–Kier alpha value is -1.80. The summed E-state index contributed by atoms with van der Waals surface area (Å²) in [7, 11) is 0. The van der Waals surface area contributed by atoms with E-state index in [9.17, 15) is 0 Å². The standard InChI is InChI=1S/C9H10O2.C6H6/c1-2-4-8(5-3-1)10-6-9-7-11-9;1-2-4-6-5-3-1/h1-5,9H,6-7H2;1-6H. The highest BCUT2D eigenvalue weighted by Gasteiger charge is 2.22. The molecule has 0 aromatic heterocycles. The Morgan fingerprint density at radius 3 is 1.82 bits per heavy atom. The van der Waals surface area contributed by atoms with Crippen LogP contribution in [0.4, 0.5) is 0 Å². The summed E-state index contributed by atoms with van der Waals surface area (Å²) in [6.45, 7) is 1.54. The minimum atomic E-state index is 0.343. The van der Waals surface area contributed by atoms with Crippen molar-refractivity contribution in [1.82, 2.24) is 0 Å². The Kier molecular flexibility index (Phi) is 4.61. The molecule has 0 N–H and O–H groups in total. The highest BCUT2D eigenvalue weighted by molar-refractivity contribution is 5.20. The fourth-order valence-corrected chi connectivity index (χ4v) is 1.26. The average Bonchev–Trinajstić information content (AvgIpc) is 3.25. The molecule has 0 amide bonds. The van der Waals surface area contributed by atoms with Crippen LogP contribution in [0.2, 0.25) is 0 Å². The van der Waals surface area contributed by atoms with Crippen molar-refractivity contribution >= 4 is 0 Å². The summed E-state index contributed by atoms with van der Waals surface area (Å²) in [6, 6.07) is 21.8. The summed E-state index contributed by atoms with van der Waals surface area (Å²) in [5, 5.41) is 0. The molecule has 0 saturated carbocycles. The van der Waals surface area contributed by atoms with Crippen molar-refractivity contribution in [2.75, 3.05) is 13.2 Å². The van der Waals surface area contributed by atoms with Gasteiger partial charge in [-0.1, -0.05) is 54.6 Å². The van der Waals surface area contributed by atoms with Crippen LogP contribution >= 0.6 is 0 Å². The minimum absolute atomic E-state index is 0.343. The van der Waals surface area contributed by atoms with Crippen molar-refractivity contribution in [3.05, 3.63) is 66.7 Å². The number of ether oxygens (including phenoxy) is 2. The van der Waals surface area contributed by atoms with Gasteiger partial charge in [0.15, 0.2) is 0 Å². The molecule has 1 aliphatic heterocycles. The van der Waals surface area contributed by atoms with Gasteiger partial charge in [-0.15, -0.1) is 0 Å². The third-order valence-corrected chi connectivity index (χ3v) is 2.25. The van der Waals surface area contributed by atoms with Gasteiger partial charge in [0.05, 0.1) is 6.61 Å². The van der Waals surface area contributed by atoms with Crippen LogP contribution < -0.4 is 4.74 Å². The first-order valence-electron chi connectivity index (χ1n) is 5.74. The van der Waals surface area contributed by atoms with E-state index in [0.29, 0.717) is 12.7 Å². The van der Waals surface area contributed by atoms with E-state index < -0.39 is 0 Å². The molecule has 1 fully saturated rings. The van der Waals surface area contributed by atoms with Crippen LogP contribution in [0.1, 0.15) is 0 Å². The maximum absolute atomic E-state index is 5.40. The number of para-hydroxylation sites is 1. The van der Waals surface area contributed by atoms with Crippen molar-refractivity contribution in [2.24, 2.45) is 0 Å². The lowest BCUT2D eigenvalue weighted by Gasteiger charge is -2.01. The lowest BCUT2D eigenvalue weighted by Crippen LogP contribution is -2.03. The molecular weight excluding hydrogens is 212 g/mol. The molecule has 2 heteroatoms. The predicted octanol–water partition coefficient (Wildman–Crippen LogP) is 3.15. The lowest BCUT2D eigenvalue weighted by atomic mass is 10.3. The van der Waals surface area contributed by atoms with Gasteiger partial charge in [0.2, 0.25) is 0 Å². The van der Waals surface area contributed by atoms with Gasteiger partial charge >= 0.3 is 0 Å². The monoisotopic (exact) mass is 228 g/mol. The molecule has 1 saturated heterocycles. The van der Waals surface area contributed by atoms with E-state index in [1.807, 2.05) is 66.7 Å². The first-order chi connectivity index (χ1) is 8.45. The zero-order valence-corrected chi connectivity index (χ0v) is 9.66. The maximum atomic E-state index is 5.40. The second kappa shape index (κ2) is 6.71. The fourth-order valence-electron chi connectivity index (χ4n) is 1.26. The van der Waals surface area contributed by atoms with Crippen LogP contribution in [-0.4, -0.2) is 19.3 Å². The van der Waals surface area contributed by atoms with E-state index in [1.165, 1.54) is 0 Å². The molecule has 1 atom stereocenters. The SMILES string of the molecule is c1ccc(OCC2CO2)cc1.c1ccccc1. The number of hydrogen-bond acceptors (Lipinski definition) is 2. The van der Waals surface area contributed by atoms with Gasteiger partial charge in [-0.25, -0.2) is 0 Å². The average molecular weight is 228 g/mol. The summed E-state index contributed by atoms with van der Waals surface area (Å²) in [4.78, 5) is 0. The molecule has 2 aromatic rings. The second-order valence-corrected chi connectivity index (χ2v) is 3.73. The fraction of sp³-hybridized carbons (Fsp3) is 0.200. The molecule has 2 aromatic carbocycles. The van der Waals surface area contributed by atoms with Crippen LogP contribution in [-0.2, 0) is 4.74 Å². The zero-order valence-electron chi connectivity index (χ0n) is 9.66. The molecule has 88 valence electrons. The normalized spacial score (nSPS) is 16.6. The zero-order chi connectivity index (χ0) is 11.8. The molecule has 0 radical (unpaired) electrons. The predicted molar refractivity (Wildman–Crippen MR) is 68.1 cm³/mol. The third-order valence-electron chi connectivity index (χ3n) is 2.25. The van der Waals surface area contributed by atoms with Gasteiger partial charge in [-0.05, 0) is 12.1 Å². The Bertz CT molecular complexity index is 369. The summed E-state index contributed by atoms with van der Waals surface area (Å²) in [5.41, 5.74) is 0. The summed E-state index contributed by atoms with van der Waals surface area (Å²) in [6.07, 6.45) is 0.343. The van der Waals surface area contributed by atoms with Crippen molar-refractivity contribution in [3.8, 4) is 5.75 Å². The van der Waals surface area contributed by atoms with Crippen molar-refractivity contribution in [1.29, 1.82) is 0 Å². The summed E-state index contributed by atoms with van der Waals surface area (Å²) >= 11 is 0. The summed E-state index contributed by atoms with van der Waals surface area (Å²) in [5.74, 6) is 0.919. The highest BCUT2D eigenvalue weighted by atomic mass is 16.6. The van der Waals surface area contributed by atoms with Crippen molar-refractivity contribution in [2.45, 2.75) is 6.10 Å². The van der Waals surface area contributed by atoms with Gasteiger partial charge in [0.1, 0.15) is 18.5 Å². The molecule has 2 nitrogen and oxygen atoms in total. The van der Waals surface area contributed by atoms with E-state index in [-0.39, 0.29) is 0 Å². The van der Waals surface area contributed by atoms with E-state index in [2.05, 4.69) is 0 Å². The van der Waals surface area contributed by atoms with E-state index >= 15 is 0 Å². The summed E-state index contributed by atoms with van der Waals surface area (Å²) < 4.78 is 10.4. The van der Waals surface area contributed by atoms with Crippen molar-refractivity contribution in [3.63, 3.8) is 0 Å². The molecule has 0 aliphatic carbocycles. The minimum Gasteiger partial charge on any atom is -0.491 e. The smallest absolute Gasteiger partial charge is 0.119 e. The van der Waals surface area contributed by atoms with Crippen LogP contribution in [0.3, 0.4) is 0 Å². The van der Waals surface area contributed by atoms with Gasteiger partial charge in [-0.3, -0.25) is 0 Å². The molecule has 0 spiro atoms. The third kappa shape index (κ3) is 5.18. The van der Waals surface area contributed by atoms with E-state index in [4.69, 9.17) is 9.47 Å². The molecule has 1 unspecified atom stereocenters.